The van der Waals surface area contributed by atoms with E-state index < -0.39 is 0 Å². The summed E-state index contributed by atoms with van der Waals surface area (Å²) in [5.74, 6) is -0.244. The Balaban J connectivity index is 1.66. The van der Waals surface area contributed by atoms with Crippen molar-refractivity contribution in [3.05, 3.63) is 82.9 Å². The van der Waals surface area contributed by atoms with Gasteiger partial charge in [0.2, 0.25) is 0 Å². The topological polar surface area (TPSA) is 34.1 Å². The molecule has 0 aliphatic rings. The largest absolute Gasteiger partial charge is 0.289 e. The van der Waals surface area contributed by atoms with Crippen LogP contribution in [0.5, 0.6) is 0 Å². The highest BCUT2D eigenvalue weighted by atomic mass is 16.1. The molecule has 0 radical (unpaired) electrons. The van der Waals surface area contributed by atoms with Crippen molar-refractivity contribution >= 4 is 11.6 Å². The summed E-state index contributed by atoms with van der Waals surface area (Å²) < 4.78 is 0. The normalized spacial score (nSPS) is 11.3. The molecular weight excluding hydrogens is 464 g/mol. The van der Waals surface area contributed by atoms with Crippen molar-refractivity contribution in [3.63, 3.8) is 0 Å². The Hall–Kier alpha value is -2.48. The van der Waals surface area contributed by atoms with Crippen molar-refractivity contribution in [3.8, 4) is 0 Å². The molecule has 0 saturated heterocycles. The van der Waals surface area contributed by atoms with Crippen LogP contribution in [-0.2, 0) is 12.8 Å². The third kappa shape index (κ3) is 13.9. The van der Waals surface area contributed by atoms with E-state index in [0.29, 0.717) is 11.1 Å². The summed E-state index contributed by atoms with van der Waals surface area (Å²) in [6.45, 7) is 4.51. The fraction of sp³-hybridized carbons (Fsp3) is 0.556. The molecule has 0 unspecified atom stereocenters. The van der Waals surface area contributed by atoms with Gasteiger partial charge in [-0.25, -0.2) is 0 Å². The number of hydrogen-bond donors (Lipinski definition) is 0. The van der Waals surface area contributed by atoms with E-state index in [2.05, 4.69) is 38.1 Å². The predicted octanol–water partition coefficient (Wildman–Crippen LogP) is 10.7. The molecule has 0 aliphatic carbocycles. The van der Waals surface area contributed by atoms with Gasteiger partial charge in [0, 0.05) is 11.1 Å². The van der Waals surface area contributed by atoms with Gasteiger partial charge >= 0.3 is 0 Å². The highest BCUT2D eigenvalue weighted by molar-refractivity contribution is 6.11. The van der Waals surface area contributed by atoms with E-state index in [1.54, 1.807) is 0 Å². The van der Waals surface area contributed by atoms with Crippen LogP contribution in [0.4, 0.5) is 0 Å². The summed E-state index contributed by atoms with van der Waals surface area (Å²) in [5, 5.41) is 0. The molecule has 2 rings (SSSR count). The molecule has 38 heavy (non-hydrogen) atoms. The van der Waals surface area contributed by atoms with Gasteiger partial charge in [-0.3, -0.25) is 9.59 Å². The number of aryl methyl sites for hydroxylation is 2. The maximum Gasteiger partial charge on any atom is 0.185 e. The number of hydrogen-bond acceptors (Lipinski definition) is 2. The SMILES string of the molecule is CCCCCCCCCCc1ccc(C(=O)/C=C/C(=O)c2ccc(CCCCCCCCCC)cc2)cc1. The minimum absolute atomic E-state index is 0.122. The van der Waals surface area contributed by atoms with E-state index in [4.69, 9.17) is 0 Å². The van der Waals surface area contributed by atoms with Gasteiger partial charge in [0.1, 0.15) is 0 Å². The highest BCUT2D eigenvalue weighted by Crippen LogP contribution is 2.15. The van der Waals surface area contributed by atoms with E-state index >= 15 is 0 Å². The van der Waals surface area contributed by atoms with Crippen molar-refractivity contribution in [2.45, 2.75) is 129 Å². The zero-order valence-corrected chi connectivity index (χ0v) is 24.3. The van der Waals surface area contributed by atoms with E-state index in [-0.39, 0.29) is 11.6 Å². The first kappa shape index (κ1) is 31.7. The van der Waals surface area contributed by atoms with Crippen LogP contribution in [0.2, 0.25) is 0 Å². The molecule has 2 heteroatoms. The Morgan fingerprint density at radius 3 is 1.05 bits per heavy atom. The standard InChI is InChI=1S/C36H52O2/c1-3-5-7-9-11-13-15-17-19-31-21-25-33(26-22-31)35(37)29-30-36(38)34-27-23-32(24-28-34)20-18-16-14-12-10-8-6-4-2/h21-30H,3-20H2,1-2H3/b30-29+. The molecule has 0 N–H and O–H groups in total. The van der Waals surface area contributed by atoms with Gasteiger partial charge in [0.05, 0.1) is 0 Å². The number of unbranched alkanes of at least 4 members (excludes halogenated alkanes) is 14. The third-order valence-corrected chi connectivity index (χ3v) is 7.50. The summed E-state index contributed by atoms with van der Waals surface area (Å²) in [4.78, 5) is 25.1. The Morgan fingerprint density at radius 2 is 0.737 bits per heavy atom. The van der Waals surface area contributed by atoms with Gasteiger partial charge in [0.15, 0.2) is 11.6 Å². The van der Waals surface area contributed by atoms with E-state index in [9.17, 15) is 9.59 Å². The second kappa shape index (κ2) is 20.5. The molecule has 2 aromatic rings. The smallest absolute Gasteiger partial charge is 0.185 e. The Morgan fingerprint density at radius 1 is 0.447 bits per heavy atom. The zero-order valence-electron chi connectivity index (χ0n) is 24.3. The zero-order chi connectivity index (χ0) is 27.3. The fourth-order valence-electron chi connectivity index (χ4n) is 4.94. The van der Waals surface area contributed by atoms with Crippen LogP contribution < -0.4 is 0 Å². The molecule has 0 atom stereocenters. The molecule has 0 heterocycles. The molecule has 0 fully saturated rings. The third-order valence-electron chi connectivity index (χ3n) is 7.50. The van der Waals surface area contributed by atoms with Gasteiger partial charge in [-0.1, -0.05) is 152 Å². The van der Waals surface area contributed by atoms with E-state index in [0.717, 1.165) is 12.8 Å². The van der Waals surface area contributed by atoms with Gasteiger partial charge in [-0.05, 0) is 49.0 Å². The molecule has 0 bridgehead atoms. The summed E-state index contributed by atoms with van der Waals surface area (Å²) in [7, 11) is 0. The van der Waals surface area contributed by atoms with Gasteiger partial charge < -0.3 is 0 Å². The summed E-state index contributed by atoms with van der Waals surface area (Å²) >= 11 is 0. The van der Waals surface area contributed by atoms with Crippen molar-refractivity contribution in [1.82, 2.24) is 0 Å². The lowest BCUT2D eigenvalue weighted by molar-refractivity contribution is 0.102. The van der Waals surface area contributed by atoms with Crippen LogP contribution in [0.25, 0.3) is 0 Å². The van der Waals surface area contributed by atoms with Gasteiger partial charge in [-0.2, -0.15) is 0 Å². The second-order valence-corrected chi connectivity index (χ2v) is 10.9. The quantitative estimate of drug-likeness (QED) is 0.0886. The molecule has 0 aromatic heterocycles. The second-order valence-electron chi connectivity index (χ2n) is 10.9. The maximum absolute atomic E-state index is 12.6. The molecular formula is C36H52O2. The lowest BCUT2D eigenvalue weighted by Gasteiger charge is -2.04. The summed E-state index contributed by atoms with van der Waals surface area (Å²) in [6.07, 6.45) is 26.0. The Bertz CT molecular complexity index is 843. The van der Waals surface area contributed by atoms with Gasteiger partial charge in [0.25, 0.3) is 0 Å². The summed E-state index contributed by atoms with van der Waals surface area (Å²) in [5.41, 5.74) is 3.82. The molecule has 0 spiro atoms. The van der Waals surface area contributed by atoms with E-state index in [1.807, 2.05) is 24.3 Å². The van der Waals surface area contributed by atoms with Crippen LogP contribution in [-0.4, -0.2) is 11.6 Å². The first-order valence-corrected chi connectivity index (χ1v) is 15.6. The molecule has 0 aliphatic heterocycles. The Labute approximate surface area is 233 Å². The molecule has 2 nitrogen and oxygen atoms in total. The molecule has 2 aromatic carbocycles. The van der Waals surface area contributed by atoms with Crippen LogP contribution in [0.3, 0.4) is 0 Å². The van der Waals surface area contributed by atoms with Crippen LogP contribution in [0.1, 0.15) is 148 Å². The Kier molecular flexibility index (Phi) is 17.1. The minimum atomic E-state index is -0.122. The first-order valence-electron chi connectivity index (χ1n) is 15.6. The van der Waals surface area contributed by atoms with Crippen molar-refractivity contribution in [2.75, 3.05) is 0 Å². The predicted molar refractivity (Wildman–Crippen MR) is 163 cm³/mol. The van der Waals surface area contributed by atoms with Crippen molar-refractivity contribution < 1.29 is 9.59 Å². The highest BCUT2D eigenvalue weighted by Gasteiger charge is 2.06. The monoisotopic (exact) mass is 516 g/mol. The number of ketones is 2. The van der Waals surface area contributed by atoms with E-state index in [1.165, 1.54) is 126 Å². The van der Waals surface area contributed by atoms with Gasteiger partial charge in [-0.15, -0.1) is 0 Å². The number of carbonyl (C=O) groups is 2. The first-order chi connectivity index (χ1) is 18.6. The van der Waals surface area contributed by atoms with Crippen LogP contribution in [0.15, 0.2) is 60.7 Å². The number of rotatable bonds is 22. The average Bonchev–Trinajstić information content (AvgIpc) is 2.95. The summed E-state index contributed by atoms with van der Waals surface area (Å²) in [6, 6.07) is 15.7. The number of carbonyl (C=O) groups excluding carboxylic acids is 2. The number of benzene rings is 2. The lowest BCUT2D eigenvalue weighted by atomic mass is 10.0. The molecule has 0 saturated carbocycles. The fourth-order valence-corrected chi connectivity index (χ4v) is 4.94. The molecule has 0 amide bonds. The number of allylic oxidation sites excluding steroid dienone is 2. The maximum atomic E-state index is 12.6. The average molecular weight is 517 g/mol. The minimum Gasteiger partial charge on any atom is -0.289 e. The van der Waals surface area contributed by atoms with Crippen molar-refractivity contribution in [1.29, 1.82) is 0 Å². The molecule has 208 valence electrons. The lowest BCUT2D eigenvalue weighted by Crippen LogP contribution is -1.99. The van der Waals surface area contributed by atoms with Crippen LogP contribution >= 0.6 is 0 Å². The van der Waals surface area contributed by atoms with Crippen LogP contribution in [0, 0.1) is 0 Å². The van der Waals surface area contributed by atoms with Crippen molar-refractivity contribution in [2.24, 2.45) is 0 Å².